The number of fused-ring (bicyclic) bond motifs is 5. The first kappa shape index (κ1) is 21.5. The highest BCUT2D eigenvalue weighted by atomic mass is 16.6. The first-order valence-electron chi connectivity index (χ1n) is 12.8. The van der Waals surface area contributed by atoms with E-state index in [0.717, 1.165) is 37.0 Å². The quantitative estimate of drug-likeness (QED) is 0.470. The molecule has 0 aromatic carbocycles. The number of aliphatic hydroxyl groups is 2. The third-order valence-corrected chi connectivity index (χ3v) is 11.0. The van der Waals surface area contributed by atoms with Gasteiger partial charge in [0, 0.05) is 6.42 Å². The lowest BCUT2D eigenvalue weighted by atomic mass is 9.47. The second kappa shape index (κ2) is 7.06. The van der Waals surface area contributed by atoms with E-state index in [-0.39, 0.29) is 23.9 Å². The summed E-state index contributed by atoms with van der Waals surface area (Å²) in [6.45, 7) is 11.7. The van der Waals surface area contributed by atoms with Crippen LogP contribution in [0.15, 0.2) is 11.6 Å². The van der Waals surface area contributed by atoms with Gasteiger partial charge in [-0.2, -0.15) is 0 Å². The smallest absolute Gasteiger partial charge is 0.0893 e. The zero-order valence-corrected chi connectivity index (χ0v) is 19.9. The Hall–Kier alpha value is -0.380. The lowest BCUT2D eigenvalue weighted by molar-refractivity contribution is -0.0683. The number of aliphatic hydroxyl groups excluding tert-OH is 2. The normalized spacial score (nSPS) is 51.2. The van der Waals surface area contributed by atoms with E-state index in [2.05, 4.69) is 40.7 Å². The standard InChI is InChI=1S/C27H44O3/c1-16(23(29)15-24-25(2,3)30-24)20-8-9-21-19-7-6-17-14-18(28)10-12-26(17,4)22(19)11-13-27(20,21)5/h6,16,18-24,28-29H,7-15H2,1-5H3/t16-,18-,19-,20+,21-,22-,23-,24+,26-,27+/m0/s1. The molecule has 1 saturated heterocycles. The third kappa shape index (κ3) is 3.17. The monoisotopic (exact) mass is 416 g/mol. The minimum absolute atomic E-state index is 0.0317. The van der Waals surface area contributed by atoms with E-state index >= 15 is 0 Å². The van der Waals surface area contributed by atoms with Crippen molar-refractivity contribution >= 4 is 0 Å². The molecule has 1 heterocycles. The Kier molecular flexibility index (Phi) is 5.05. The summed E-state index contributed by atoms with van der Waals surface area (Å²) < 4.78 is 5.77. The molecule has 3 nitrogen and oxygen atoms in total. The van der Waals surface area contributed by atoms with E-state index in [1.54, 1.807) is 5.57 Å². The third-order valence-electron chi connectivity index (χ3n) is 11.0. The Bertz CT molecular complexity index is 713. The molecule has 3 heteroatoms. The SMILES string of the molecule is C[C@@H]([C@H]1CC[C@H]2[C@@H]3CC=C4C[C@@H](O)CC[C@]4(C)[C@H]3CC[C@]12C)[C@@H](O)C[C@H]1OC1(C)C. The van der Waals surface area contributed by atoms with Crippen LogP contribution in [0.2, 0.25) is 0 Å². The molecule has 10 atom stereocenters. The fourth-order valence-electron chi connectivity index (χ4n) is 8.91. The van der Waals surface area contributed by atoms with Crippen LogP contribution in [0.25, 0.3) is 0 Å². The van der Waals surface area contributed by atoms with Crippen LogP contribution in [0, 0.1) is 40.4 Å². The molecule has 1 aliphatic heterocycles. The number of ether oxygens (including phenoxy) is 1. The first-order valence-corrected chi connectivity index (χ1v) is 12.8. The Morgan fingerprint density at radius 3 is 2.50 bits per heavy atom. The fourth-order valence-corrected chi connectivity index (χ4v) is 8.91. The largest absolute Gasteiger partial charge is 0.393 e. The molecule has 4 aliphatic carbocycles. The maximum atomic E-state index is 11.1. The Labute approximate surface area is 183 Å². The van der Waals surface area contributed by atoms with Gasteiger partial charge in [-0.3, -0.25) is 0 Å². The lowest BCUT2D eigenvalue weighted by Crippen LogP contribution is -2.51. The molecule has 0 unspecified atom stereocenters. The summed E-state index contributed by atoms with van der Waals surface area (Å²) in [6, 6.07) is 0. The second-order valence-corrected chi connectivity index (χ2v) is 12.8. The van der Waals surface area contributed by atoms with Crippen LogP contribution >= 0.6 is 0 Å². The summed E-state index contributed by atoms with van der Waals surface area (Å²) in [7, 11) is 0. The number of epoxide rings is 1. The van der Waals surface area contributed by atoms with Crippen molar-refractivity contribution in [2.24, 2.45) is 40.4 Å². The van der Waals surface area contributed by atoms with Crippen molar-refractivity contribution in [1.29, 1.82) is 0 Å². The highest BCUT2D eigenvalue weighted by molar-refractivity contribution is 5.25. The van der Waals surface area contributed by atoms with Gasteiger partial charge in [0.15, 0.2) is 0 Å². The van der Waals surface area contributed by atoms with Crippen molar-refractivity contribution < 1.29 is 14.9 Å². The number of rotatable bonds is 4. The van der Waals surface area contributed by atoms with Crippen LogP contribution in [0.4, 0.5) is 0 Å². The van der Waals surface area contributed by atoms with Gasteiger partial charge in [0.2, 0.25) is 0 Å². The summed E-state index contributed by atoms with van der Waals surface area (Å²) in [5.74, 6) is 3.37. The Morgan fingerprint density at radius 1 is 1.07 bits per heavy atom. The number of hydrogen-bond donors (Lipinski definition) is 2. The van der Waals surface area contributed by atoms with Gasteiger partial charge < -0.3 is 14.9 Å². The van der Waals surface area contributed by atoms with Gasteiger partial charge in [0.1, 0.15) is 0 Å². The fraction of sp³-hybridized carbons (Fsp3) is 0.926. The van der Waals surface area contributed by atoms with Crippen molar-refractivity contribution in [3.63, 3.8) is 0 Å². The zero-order valence-electron chi connectivity index (χ0n) is 19.9. The molecule has 0 radical (unpaired) electrons. The molecule has 2 N–H and O–H groups in total. The predicted octanol–water partition coefficient (Wildman–Crippen LogP) is 5.49. The van der Waals surface area contributed by atoms with Crippen LogP contribution < -0.4 is 0 Å². The minimum Gasteiger partial charge on any atom is -0.393 e. The maximum absolute atomic E-state index is 11.1. The topological polar surface area (TPSA) is 53.0 Å². The maximum Gasteiger partial charge on any atom is 0.0893 e. The molecule has 5 aliphatic rings. The Balaban J connectivity index is 1.33. The van der Waals surface area contributed by atoms with Gasteiger partial charge in [0.05, 0.1) is 23.9 Å². The molecule has 170 valence electrons. The van der Waals surface area contributed by atoms with Gasteiger partial charge >= 0.3 is 0 Å². The lowest BCUT2D eigenvalue weighted by Gasteiger charge is -2.58. The molecule has 3 saturated carbocycles. The summed E-state index contributed by atoms with van der Waals surface area (Å²) in [5.41, 5.74) is 2.23. The molecule has 0 aromatic heterocycles. The summed E-state index contributed by atoms with van der Waals surface area (Å²) in [6.07, 6.45) is 12.7. The first-order chi connectivity index (χ1) is 14.1. The van der Waals surface area contributed by atoms with Crippen molar-refractivity contribution in [3.05, 3.63) is 11.6 Å². The van der Waals surface area contributed by atoms with Crippen LogP contribution in [0.3, 0.4) is 0 Å². The van der Waals surface area contributed by atoms with Crippen LogP contribution in [-0.2, 0) is 4.74 Å². The Morgan fingerprint density at radius 2 is 1.80 bits per heavy atom. The van der Waals surface area contributed by atoms with Crippen molar-refractivity contribution in [1.82, 2.24) is 0 Å². The molecule has 0 bridgehead atoms. The van der Waals surface area contributed by atoms with Gasteiger partial charge in [-0.05, 0) is 106 Å². The van der Waals surface area contributed by atoms with E-state index < -0.39 is 0 Å². The predicted molar refractivity (Wildman–Crippen MR) is 120 cm³/mol. The van der Waals surface area contributed by atoms with Crippen molar-refractivity contribution in [3.8, 4) is 0 Å². The van der Waals surface area contributed by atoms with Crippen LogP contribution in [0.5, 0.6) is 0 Å². The van der Waals surface area contributed by atoms with Gasteiger partial charge in [0.25, 0.3) is 0 Å². The van der Waals surface area contributed by atoms with Crippen molar-refractivity contribution in [2.45, 2.75) is 116 Å². The van der Waals surface area contributed by atoms with Crippen LogP contribution in [-0.4, -0.2) is 34.1 Å². The van der Waals surface area contributed by atoms with E-state index in [4.69, 9.17) is 4.74 Å². The zero-order chi connectivity index (χ0) is 21.5. The molecule has 4 fully saturated rings. The van der Waals surface area contributed by atoms with E-state index in [0.29, 0.717) is 22.7 Å². The van der Waals surface area contributed by atoms with Gasteiger partial charge in [-0.1, -0.05) is 32.4 Å². The summed E-state index contributed by atoms with van der Waals surface area (Å²) in [4.78, 5) is 0. The van der Waals surface area contributed by atoms with Gasteiger partial charge in [-0.15, -0.1) is 0 Å². The molecule has 0 amide bonds. The molecule has 30 heavy (non-hydrogen) atoms. The minimum atomic E-state index is -0.245. The van der Waals surface area contributed by atoms with E-state index in [9.17, 15) is 10.2 Å². The van der Waals surface area contributed by atoms with Crippen LogP contribution in [0.1, 0.15) is 92.4 Å². The number of hydrogen-bond acceptors (Lipinski definition) is 3. The number of allylic oxidation sites excluding steroid dienone is 1. The molecular weight excluding hydrogens is 372 g/mol. The van der Waals surface area contributed by atoms with Gasteiger partial charge in [-0.25, -0.2) is 0 Å². The average Bonchev–Trinajstić information content (AvgIpc) is 3.12. The highest BCUT2D eigenvalue weighted by Gasteiger charge is 2.60. The summed E-state index contributed by atoms with van der Waals surface area (Å²) >= 11 is 0. The molecule has 0 spiro atoms. The second-order valence-electron chi connectivity index (χ2n) is 12.8. The van der Waals surface area contributed by atoms with E-state index in [1.165, 1.54) is 38.5 Å². The molecule has 5 rings (SSSR count). The molecular formula is C27H44O3. The summed E-state index contributed by atoms with van der Waals surface area (Å²) in [5, 5.41) is 21.3. The van der Waals surface area contributed by atoms with Crippen molar-refractivity contribution in [2.75, 3.05) is 0 Å². The highest BCUT2D eigenvalue weighted by Crippen LogP contribution is 2.67. The average molecular weight is 417 g/mol. The molecule has 0 aromatic rings. The van der Waals surface area contributed by atoms with E-state index in [1.807, 2.05) is 0 Å².